The predicted octanol–water partition coefficient (Wildman–Crippen LogP) is -4.18. The number of aldehydes is 1. The Morgan fingerprint density at radius 1 is 1.18 bits per heavy atom. The maximum atomic E-state index is 11.6. The Morgan fingerprint density at radius 3 is 2.39 bits per heavy atom. The maximum absolute atomic E-state index is 11.6. The smallest absolute Gasteiger partial charge is 0.247 e. The van der Waals surface area contributed by atoms with Crippen molar-refractivity contribution < 1.29 is 49.0 Å². The lowest BCUT2D eigenvalue weighted by atomic mass is 9.90. The molecule has 12 heteroatoms. The topological polar surface area (TPSA) is 190 Å². The third kappa shape index (κ3) is 4.67. The van der Waals surface area contributed by atoms with Gasteiger partial charge in [-0.05, 0) is 0 Å². The molecule has 0 aromatic heterocycles. The molecule has 0 bridgehead atoms. The lowest BCUT2D eigenvalue weighted by Gasteiger charge is -2.47. The van der Waals surface area contributed by atoms with Crippen molar-refractivity contribution in [2.24, 2.45) is 11.7 Å². The molecule has 0 aromatic carbocycles. The summed E-state index contributed by atoms with van der Waals surface area (Å²) in [6.07, 6.45) is -9.77. The standard InChI is InChI=1S/C16H28N2O10/c1-6-9(21)11(23)16(27-12(6)14(17)24)28-13-8(18-3-4-19)15(25-2)26-7(5-20)10(13)22/h4,6-13,15-16,18,20-23H,3,5H2,1-2H3,(H2,17,24). The monoisotopic (exact) mass is 408 g/mol. The van der Waals surface area contributed by atoms with Crippen LogP contribution in [0.5, 0.6) is 0 Å². The van der Waals surface area contributed by atoms with Gasteiger partial charge in [-0.2, -0.15) is 0 Å². The van der Waals surface area contributed by atoms with E-state index < -0.39 is 73.7 Å². The molecule has 0 aliphatic carbocycles. The Labute approximate surface area is 161 Å². The summed E-state index contributed by atoms with van der Waals surface area (Å²) in [6, 6.07) is -0.896. The lowest BCUT2D eigenvalue weighted by Crippen LogP contribution is -2.67. The number of nitrogens with one attached hydrogen (secondary N) is 1. The zero-order chi connectivity index (χ0) is 21.0. The number of nitrogens with two attached hydrogens (primary N) is 1. The van der Waals surface area contributed by atoms with Gasteiger partial charge in [-0.25, -0.2) is 0 Å². The maximum Gasteiger partial charge on any atom is 0.247 e. The fraction of sp³-hybridized carbons (Fsp3) is 0.875. The molecule has 2 fully saturated rings. The molecular formula is C16H28N2O10. The Balaban J connectivity index is 2.26. The number of ether oxygens (including phenoxy) is 4. The van der Waals surface area contributed by atoms with Crippen LogP contribution in [0.2, 0.25) is 0 Å². The van der Waals surface area contributed by atoms with E-state index in [2.05, 4.69) is 5.32 Å². The number of amides is 1. The van der Waals surface area contributed by atoms with Gasteiger partial charge in [-0.15, -0.1) is 0 Å². The Bertz CT molecular complexity index is 538. The molecule has 0 aromatic rings. The van der Waals surface area contributed by atoms with Crippen molar-refractivity contribution in [1.82, 2.24) is 5.32 Å². The molecule has 12 nitrogen and oxygen atoms in total. The van der Waals surface area contributed by atoms with Crippen LogP contribution in [0.15, 0.2) is 0 Å². The summed E-state index contributed by atoms with van der Waals surface area (Å²) >= 11 is 0. The molecule has 2 aliphatic heterocycles. The van der Waals surface area contributed by atoms with Crippen LogP contribution in [0.25, 0.3) is 0 Å². The van der Waals surface area contributed by atoms with E-state index in [1.165, 1.54) is 14.0 Å². The first-order chi connectivity index (χ1) is 13.3. The number of primary amides is 1. The molecule has 28 heavy (non-hydrogen) atoms. The molecule has 10 unspecified atom stereocenters. The molecule has 1 amide bonds. The third-order valence-corrected chi connectivity index (χ3v) is 5.02. The number of hydrogen-bond donors (Lipinski definition) is 6. The summed E-state index contributed by atoms with van der Waals surface area (Å²) in [6.45, 7) is 0.806. The van der Waals surface area contributed by atoms with Crippen molar-refractivity contribution in [3.05, 3.63) is 0 Å². The van der Waals surface area contributed by atoms with Gasteiger partial charge in [0.2, 0.25) is 5.91 Å². The second-order valence-corrected chi connectivity index (χ2v) is 6.82. The molecule has 2 rings (SSSR count). The zero-order valence-corrected chi connectivity index (χ0v) is 15.6. The number of methoxy groups -OCH3 is 1. The highest BCUT2D eigenvalue weighted by Crippen LogP contribution is 2.31. The zero-order valence-electron chi connectivity index (χ0n) is 15.6. The number of aliphatic hydroxyl groups excluding tert-OH is 4. The number of carbonyl (C=O) groups is 2. The number of aliphatic hydroxyl groups is 4. The van der Waals surface area contributed by atoms with Crippen LogP contribution in [0.4, 0.5) is 0 Å². The second-order valence-electron chi connectivity index (χ2n) is 6.82. The van der Waals surface area contributed by atoms with E-state index in [-0.39, 0.29) is 6.54 Å². The Hall–Kier alpha value is -1.22. The van der Waals surface area contributed by atoms with E-state index in [9.17, 15) is 30.0 Å². The summed E-state index contributed by atoms with van der Waals surface area (Å²) in [4.78, 5) is 22.4. The van der Waals surface area contributed by atoms with E-state index in [1.807, 2.05) is 0 Å². The van der Waals surface area contributed by atoms with E-state index in [1.54, 1.807) is 0 Å². The fourth-order valence-electron chi connectivity index (χ4n) is 3.42. The fourth-order valence-corrected chi connectivity index (χ4v) is 3.42. The molecule has 0 spiro atoms. The second kappa shape index (κ2) is 10.0. The van der Waals surface area contributed by atoms with Crippen LogP contribution in [0.3, 0.4) is 0 Å². The molecule has 2 aliphatic rings. The molecular weight excluding hydrogens is 380 g/mol. The Kier molecular flexibility index (Phi) is 8.24. The van der Waals surface area contributed by atoms with Gasteiger partial charge in [-0.1, -0.05) is 6.92 Å². The number of hydrogen-bond acceptors (Lipinski definition) is 11. The summed E-state index contributed by atoms with van der Waals surface area (Å²) < 4.78 is 21.8. The van der Waals surface area contributed by atoms with Gasteiger partial charge in [0.15, 0.2) is 12.6 Å². The largest absolute Gasteiger partial charge is 0.394 e. The Morgan fingerprint density at radius 2 is 1.86 bits per heavy atom. The number of rotatable bonds is 8. The van der Waals surface area contributed by atoms with Crippen molar-refractivity contribution in [3.8, 4) is 0 Å². The van der Waals surface area contributed by atoms with Crippen LogP contribution in [-0.4, -0.2) is 108 Å². The van der Waals surface area contributed by atoms with E-state index in [0.717, 1.165) is 0 Å². The van der Waals surface area contributed by atoms with Gasteiger partial charge in [0.1, 0.15) is 36.8 Å². The first kappa shape index (κ1) is 23.1. The van der Waals surface area contributed by atoms with Crippen molar-refractivity contribution in [2.75, 3.05) is 20.3 Å². The van der Waals surface area contributed by atoms with Gasteiger partial charge in [0.05, 0.1) is 25.3 Å². The summed E-state index contributed by atoms with van der Waals surface area (Å²) in [5, 5.41) is 43.3. The van der Waals surface area contributed by atoms with Crippen LogP contribution in [-0.2, 0) is 28.5 Å². The third-order valence-electron chi connectivity index (χ3n) is 5.02. The van der Waals surface area contributed by atoms with Crippen molar-refractivity contribution >= 4 is 12.2 Å². The quantitative estimate of drug-likeness (QED) is 0.214. The van der Waals surface area contributed by atoms with Gasteiger partial charge >= 0.3 is 0 Å². The molecule has 162 valence electrons. The first-order valence-corrected chi connectivity index (χ1v) is 8.87. The van der Waals surface area contributed by atoms with Gasteiger partial charge in [0.25, 0.3) is 0 Å². The molecule has 10 atom stereocenters. The summed E-state index contributed by atoms with van der Waals surface area (Å²) in [7, 11) is 1.32. The highest BCUT2D eigenvalue weighted by Gasteiger charge is 2.51. The van der Waals surface area contributed by atoms with Gasteiger partial charge < -0.3 is 55.2 Å². The van der Waals surface area contributed by atoms with Gasteiger partial charge in [0, 0.05) is 13.0 Å². The van der Waals surface area contributed by atoms with Crippen molar-refractivity contribution in [1.29, 1.82) is 0 Å². The highest BCUT2D eigenvalue weighted by molar-refractivity contribution is 5.79. The lowest BCUT2D eigenvalue weighted by molar-refractivity contribution is -0.332. The molecule has 2 heterocycles. The minimum atomic E-state index is -1.54. The SMILES string of the molecule is COC1OC(CO)C(O)C(OC2OC(C(N)=O)C(C)C(O)C2O)C1NCC=O. The average Bonchev–Trinajstić information content (AvgIpc) is 2.67. The number of carbonyl (C=O) groups excluding carboxylic acids is 2. The molecule has 7 N–H and O–H groups in total. The van der Waals surface area contributed by atoms with E-state index >= 15 is 0 Å². The predicted molar refractivity (Wildman–Crippen MR) is 90.5 cm³/mol. The van der Waals surface area contributed by atoms with Gasteiger partial charge in [-0.3, -0.25) is 4.79 Å². The van der Waals surface area contributed by atoms with Crippen molar-refractivity contribution in [2.45, 2.75) is 62.2 Å². The summed E-state index contributed by atoms with van der Waals surface area (Å²) in [5.41, 5.74) is 5.28. The average molecular weight is 408 g/mol. The first-order valence-electron chi connectivity index (χ1n) is 8.87. The summed E-state index contributed by atoms with van der Waals surface area (Å²) in [5.74, 6) is -1.63. The van der Waals surface area contributed by atoms with Crippen LogP contribution >= 0.6 is 0 Å². The minimum absolute atomic E-state index is 0.123. The normalized spacial score (nSPS) is 44.2. The molecule has 0 radical (unpaired) electrons. The molecule has 2 saturated heterocycles. The highest BCUT2D eigenvalue weighted by atomic mass is 16.7. The van der Waals surface area contributed by atoms with E-state index in [0.29, 0.717) is 6.29 Å². The van der Waals surface area contributed by atoms with Crippen LogP contribution < -0.4 is 11.1 Å². The van der Waals surface area contributed by atoms with Crippen LogP contribution in [0.1, 0.15) is 6.92 Å². The van der Waals surface area contributed by atoms with E-state index in [4.69, 9.17) is 24.7 Å². The van der Waals surface area contributed by atoms with Crippen LogP contribution in [0, 0.1) is 5.92 Å². The minimum Gasteiger partial charge on any atom is -0.394 e. The molecule has 0 saturated carbocycles. The van der Waals surface area contributed by atoms with Crippen molar-refractivity contribution in [3.63, 3.8) is 0 Å².